The smallest absolute Gasteiger partial charge is 0.327 e. The van der Waals surface area contributed by atoms with Gasteiger partial charge in [0, 0.05) is 29.3 Å². The number of benzene rings is 2. The van der Waals surface area contributed by atoms with Crippen LogP contribution in [0.5, 0.6) is 5.75 Å². The summed E-state index contributed by atoms with van der Waals surface area (Å²) < 4.78 is 0. The van der Waals surface area contributed by atoms with Crippen LogP contribution in [-0.4, -0.2) is 69.3 Å². The van der Waals surface area contributed by atoms with Crippen molar-refractivity contribution in [2.75, 3.05) is 12.3 Å². The number of rotatable bonds is 12. The van der Waals surface area contributed by atoms with Gasteiger partial charge in [0.05, 0.1) is 12.6 Å². The average molecular weight is 528 g/mol. The van der Waals surface area contributed by atoms with Gasteiger partial charge < -0.3 is 36.9 Å². The molecular formula is C25H29N5O6S. The summed E-state index contributed by atoms with van der Waals surface area (Å²) in [5.74, 6) is -3.20. The number of aromatic nitrogens is 1. The van der Waals surface area contributed by atoms with Crippen molar-refractivity contribution in [1.29, 1.82) is 0 Å². The van der Waals surface area contributed by atoms with Crippen LogP contribution in [0.3, 0.4) is 0 Å². The molecule has 0 bridgehead atoms. The Kier molecular flexibility index (Phi) is 9.52. The van der Waals surface area contributed by atoms with Crippen LogP contribution in [0, 0.1) is 0 Å². The molecule has 0 fully saturated rings. The molecule has 0 aliphatic carbocycles. The maximum atomic E-state index is 13.0. The Balaban J connectivity index is 1.70. The summed E-state index contributed by atoms with van der Waals surface area (Å²) in [6.07, 6.45) is 2.03. The second-order valence-electron chi connectivity index (χ2n) is 8.46. The second kappa shape index (κ2) is 12.8. The number of hydrogen-bond donors (Lipinski definition) is 8. The number of nitrogens with two attached hydrogens (primary N) is 1. The van der Waals surface area contributed by atoms with E-state index in [1.807, 2.05) is 24.3 Å². The molecule has 2 aromatic carbocycles. The lowest BCUT2D eigenvalue weighted by Gasteiger charge is -2.21. The van der Waals surface area contributed by atoms with E-state index in [-0.39, 0.29) is 24.3 Å². The van der Waals surface area contributed by atoms with Gasteiger partial charge in [-0.1, -0.05) is 30.3 Å². The van der Waals surface area contributed by atoms with Crippen LogP contribution in [0.2, 0.25) is 0 Å². The van der Waals surface area contributed by atoms with Crippen LogP contribution < -0.4 is 21.7 Å². The van der Waals surface area contributed by atoms with Crippen LogP contribution in [0.1, 0.15) is 11.1 Å². The normalized spacial score (nSPS) is 13.4. The number of hydrogen-bond acceptors (Lipinski definition) is 7. The Bertz CT molecular complexity index is 1260. The van der Waals surface area contributed by atoms with E-state index in [9.17, 15) is 24.3 Å². The first-order valence-electron chi connectivity index (χ1n) is 11.5. The molecule has 0 aliphatic heterocycles. The minimum absolute atomic E-state index is 0.0883. The van der Waals surface area contributed by atoms with Crippen LogP contribution in [0.25, 0.3) is 10.9 Å². The zero-order valence-electron chi connectivity index (χ0n) is 19.8. The number of phenols is 1. The van der Waals surface area contributed by atoms with Gasteiger partial charge in [-0.05, 0) is 35.7 Å². The lowest BCUT2D eigenvalue weighted by Crippen LogP contribution is -2.54. The molecule has 3 amide bonds. The fourth-order valence-electron chi connectivity index (χ4n) is 3.71. The van der Waals surface area contributed by atoms with Gasteiger partial charge in [0.25, 0.3) is 0 Å². The van der Waals surface area contributed by atoms with E-state index in [2.05, 4.69) is 33.6 Å². The molecule has 11 nitrogen and oxygen atoms in total. The predicted octanol–water partition coefficient (Wildman–Crippen LogP) is 0.0862. The highest BCUT2D eigenvalue weighted by atomic mass is 32.1. The van der Waals surface area contributed by atoms with E-state index in [0.29, 0.717) is 0 Å². The van der Waals surface area contributed by atoms with E-state index in [4.69, 9.17) is 10.8 Å². The SMILES string of the molecule is NC(Cc1ccc(O)cc1)C(=O)NC(Cc1c[nH]c2ccccc12)C(=O)NCC(=O)NC(CS)C(=O)O. The third-order valence-corrected chi connectivity index (χ3v) is 6.06. The number of carboxylic acid groups (broad SMARTS) is 1. The summed E-state index contributed by atoms with van der Waals surface area (Å²) in [5, 5.41) is 26.8. The molecule has 196 valence electrons. The van der Waals surface area contributed by atoms with E-state index in [1.54, 1.807) is 18.3 Å². The second-order valence-corrected chi connectivity index (χ2v) is 8.83. The van der Waals surface area contributed by atoms with Gasteiger partial charge in [-0.15, -0.1) is 0 Å². The monoisotopic (exact) mass is 527 g/mol. The molecule has 3 unspecified atom stereocenters. The number of aromatic amines is 1. The molecule has 1 aromatic heterocycles. The molecule has 1 heterocycles. The number of amides is 3. The van der Waals surface area contributed by atoms with Gasteiger partial charge in [-0.25, -0.2) is 4.79 Å². The maximum absolute atomic E-state index is 13.0. The molecule has 37 heavy (non-hydrogen) atoms. The summed E-state index contributed by atoms with van der Waals surface area (Å²) in [6, 6.07) is 10.5. The van der Waals surface area contributed by atoms with Crippen molar-refractivity contribution < 1.29 is 29.4 Å². The summed E-state index contributed by atoms with van der Waals surface area (Å²) in [6.45, 7) is -0.490. The summed E-state index contributed by atoms with van der Waals surface area (Å²) in [5.41, 5.74) is 8.44. The Morgan fingerprint density at radius 3 is 2.32 bits per heavy atom. The number of para-hydroxylation sites is 1. The third-order valence-electron chi connectivity index (χ3n) is 5.70. The number of aromatic hydroxyl groups is 1. The fraction of sp³-hybridized carbons (Fsp3) is 0.280. The van der Waals surface area contributed by atoms with Crippen molar-refractivity contribution in [3.8, 4) is 5.75 Å². The van der Waals surface area contributed by atoms with E-state index in [0.717, 1.165) is 22.0 Å². The zero-order chi connectivity index (χ0) is 26.9. The zero-order valence-corrected chi connectivity index (χ0v) is 20.7. The van der Waals surface area contributed by atoms with Gasteiger partial charge in [-0.3, -0.25) is 14.4 Å². The highest BCUT2D eigenvalue weighted by Gasteiger charge is 2.26. The van der Waals surface area contributed by atoms with E-state index >= 15 is 0 Å². The maximum Gasteiger partial charge on any atom is 0.327 e. The first-order valence-corrected chi connectivity index (χ1v) is 12.1. The quantitative estimate of drug-likeness (QED) is 0.153. The minimum atomic E-state index is -1.25. The van der Waals surface area contributed by atoms with Gasteiger partial charge >= 0.3 is 5.97 Å². The van der Waals surface area contributed by atoms with Crippen molar-refractivity contribution in [3.05, 3.63) is 65.9 Å². The van der Waals surface area contributed by atoms with Gasteiger partial charge in [-0.2, -0.15) is 12.6 Å². The number of phenolic OH excluding ortho intramolecular Hbond substituents is 1. The van der Waals surface area contributed by atoms with E-state index < -0.39 is 48.4 Å². The molecule has 3 rings (SSSR count). The Morgan fingerprint density at radius 2 is 1.65 bits per heavy atom. The third kappa shape index (κ3) is 7.72. The number of aliphatic carboxylic acids is 1. The van der Waals surface area contributed by atoms with Crippen LogP contribution >= 0.6 is 12.6 Å². The first kappa shape index (κ1) is 27.6. The molecule has 0 saturated heterocycles. The van der Waals surface area contributed by atoms with Crippen molar-refractivity contribution in [3.63, 3.8) is 0 Å². The number of thiol groups is 1. The molecule has 0 spiro atoms. The largest absolute Gasteiger partial charge is 0.508 e. The lowest BCUT2D eigenvalue weighted by atomic mass is 10.0. The topological polar surface area (TPSA) is 187 Å². The van der Waals surface area contributed by atoms with Crippen molar-refractivity contribution in [1.82, 2.24) is 20.9 Å². The molecule has 3 atom stereocenters. The Labute approximate surface area is 218 Å². The predicted molar refractivity (Wildman–Crippen MR) is 140 cm³/mol. The molecule has 0 aliphatic rings. The Morgan fingerprint density at radius 1 is 0.946 bits per heavy atom. The summed E-state index contributed by atoms with van der Waals surface area (Å²) in [7, 11) is 0. The van der Waals surface area contributed by atoms with Gasteiger partial charge in [0.2, 0.25) is 17.7 Å². The van der Waals surface area contributed by atoms with Crippen molar-refractivity contribution >= 4 is 47.2 Å². The average Bonchev–Trinajstić information content (AvgIpc) is 3.29. The Hall–Kier alpha value is -4.03. The molecule has 12 heteroatoms. The van der Waals surface area contributed by atoms with Crippen molar-refractivity contribution in [2.24, 2.45) is 5.73 Å². The van der Waals surface area contributed by atoms with Gasteiger partial charge in [0.1, 0.15) is 17.8 Å². The first-order chi connectivity index (χ1) is 17.7. The van der Waals surface area contributed by atoms with Crippen LogP contribution in [-0.2, 0) is 32.0 Å². The van der Waals surface area contributed by atoms with Crippen LogP contribution in [0.15, 0.2) is 54.7 Å². The summed E-state index contributed by atoms with van der Waals surface area (Å²) in [4.78, 5) is 52.3. The number of carbonyl (C=O) groups excluding carboxylic acids is 3. The number of fused-ring (bicyclic) bond motifs is 1. The number of nitrogens with one attached hydrogen (secondary N) is 4. The minimum Gasteiger partial charge on any atom is -0.508 e. The molecular weight excluding hydrogens is 498 g/mol. The number of carboxylic acids is 1. The highest BCUT2D eigenvalue weighted by Crippen LogP contribution is 2.19. The van der Waals surface area contributed by atoms with Crippen molar-refractivity contribution in [2.45, 2.75) is 31.0 Å². The lowest BCUT2D eigenvalue weighted by molar-refractivity contribution is -0.141. The number of carbonyl (C=O) groups is 4. The molecule has 0 saturated carbocycles. The van der Waals surface area contributed by atoms with Gasteiger partial charge in [0.15, 0.2) is 0 Å². The molecule has 8 N–H and O–H groups in total. The number of H-pyrrole nitrogens is 1. The summed E-state index contributed by atoms with van der Waals surface area (Å²) >= 11 is 3.89. The molecule has 3 aromatic rings. The standard InChI is InChI=1S/C25H29N5O6S/c26-18(9-14-5-7-16(31)8-6-14)23(33)30-20(10-15-11-27-19-4-2-1-3-17(15)19)24(34)28-12-22(32)29-21(13-37)25(35)36/h1-8,11,18,20-21,27,31,37H,9-10,12-13,26H2,(H,28,34)(H,29,32)(H,30,33)(H,35,36). The fourth-order valence-corrected chi connectivity index (χ4v) is 3.96. The van der Waals surface area contributed by atoms with E-state index in [1.165, 1.54) is 12.1 Å². The molecule has 0 radical (unpaired) electrons. The van der Waals surface area contributed by atoms with Crippen LogP contribution in [0.4, 0.5) is 0 Å². The highest BCUT2D eigenvalue weighted by molar-refractivity contribution is 7.80.